The molecule has 3 saturated carbocycles. The van der Waals surface area contributed by atoms with Gasteiger partial charge in [-0.25, -0.2) is 0 Å². The van der Waals surface area contributed by atoms with Crippen molar-refractivity contribution in [1.82, 2.24) is 4.90 Å². The Kier molecular flexibility index (Phi) is 5.90. The van der Waals surface area contributed by atoms with E-state index in [-0.39, 0.29) is 23.3 Å². The largest absolute Gasteiger partial charge is 0.342 e. The fraction of sp³-hybridized carbons (Fsp3) is 0.926. The van der Waals surface area contributed by atoms with Gasteiger partial charge in [0, 0.05) is 31.8 Å². The van der Waals surface area contributed by atoms with E-state index in [0.29, 0.717) is 35.9 Å². The van der Waals surface area contributed by atoms with Crippen molar-refractivity contribution >= 4 is 11.7 Å². The quantitative estimate of drug-likeness (QED) is 0.543. The van der Waals surface area contributed by atoms with E-state index in [9.17, 15) is 9.59 Å². The second-order valence-corrected chi connectivity index (χ2v) is 12.5. The van der Waals surface area contributed by atoms with Crippen molar-refractivity contribution in [3.05, 3.63) is 0 Å². The molecule has 170 valence electrons. The average Bonchev–Trinajstić information content (AvgIpc) is 3.03. The Morgan fingerprint density at radius 3 is 2.37 bits per heavy atom. The summed E-state index contributed by atoms with van der Waals surface area (Å²) in [5, 5.41) is 0. The molecular formula is C27H45NO2. The minimum atomic E-state index is 0.129. The Labute approximate surface area is 184 Å². The number of likely N-dealkylation sites (tertiary alicyclic amines) is 1. The van der Waals surface area contributed by atoms with Crippen LogP contribution in [0.2, 0.25) is 0 Å². The average molecular weight is 416 g/mol. The number of ketones is 1. The normalized spacial score (nSPS) is 44.6. The van der Waals surface area contributed by atoms with Gasteiger partial charge in [-0.05, 0) is 72.5 Å². The van der Waals surface area contributed by atoms with E-state index < -0.39 is 0 Å². The Hall–Kier alpha value is -0.860. The fourth-order valence-electron chi connectivity index (χ4n) is 8.82. The topological polar surface area (TPSA) is 37.4 Å². The molecule has 0 aromatic carbocycles. The molecule has 0 spiro atoms. The number of hydrogen-bond acceptors (Lipinski definition) is 2. The van der Waals surface area contributed by atoms with Crippen molar-refractivity contribution < 1.29 is 9.59 Å². The van der Waals surface area contributed by atoms with Crippen molar-refractivity contribution in [1.29, 1.82) is 0 Å². The van der Waals surface area contributed by atoms with Gasteiger partial charge in [-0.1, -0.05) is 53.9 Å². The molecule has 3 nitrogen and oxygen atoms in total. The van der Waals surface area contributed by atoms with Gasteiger partial charge in [0.1, 0.15) is 5.78 Å². The zero-order chi connectivity index (χ0) is 21.8. The molecule has 3 heteroatoms. The van der Waals surface area contributed by atoms with Crippen LogP contribution < -0.4 is 0 Å². The van der Waals surface area contributed by atoms with Gasteiger partial charge >= 0.3 is 0 Å². The summed E-state index contributed by atoms with van der Waals surface area (Å²) in [6, 6.07) is 0.129. The summed E-state index contributed by atoms with van der Waals surface area (Å²) in [6.07, 6.45) is 11.3. The van der Waals surface area contributed by atoms with Gasteiger partial charge in [-0.3, -0.25) is 9.59 Å². The van der Waals surface area contributed by atoms with Crippen LogP contribution >= 0.6 is 0 Å². The first-order valence-corrected chi connectivity index (χ1v) is 12.9. The van der Waals surface area contributed by atoms with Crippen LogP contribution in [0.1, 0.15) is 98.8 Å². The first-order chi connectivity index (χ1) is 14.1. The smallest absolute Gasteiger partial charge is 0.222 e. The summed E-state index contributed by atoms with van der Waals surface area (Å²) in [7, 11) is 1.94. The Bertz CT molecular complexity index is 686. The Morgan fingerprint density at radius 1 is 0.967 bits per heavy atom. The first-order valence-electron chi connectivity index (χ1n) is 12.9. The van der Waals surface area contributed by atoms with E-state index in [2.05, 4.69) is 34.6 Å². The Balaban J connectivity index is 1.54. The molecular weight excluding hydrogens is 370 g/mol. The predicted octanol–water partition coefficient (Wildman–Crippen LogP) is 6.11. The van der Waals surface area contributed by atoms with Crippen molar-refractivity contribution in [2.24, 2.45) is 46.3 Å². The molecule has 30 heavy (non-hydrogen) atoms. The molecule has 0 aromatic heterocycles. The lowest BCUT2D eigenvalue weighted by molar-refractivity contribution is -0.167. The number of amides is 1. The van der Waals surface area contributed by atoms with E-state index in [1.165, 1.54) is 44.9 Å². The molecule has 0 N–H and O–H groups in total. The lowest BCUT2D eigenvalue weighted by atomic mass is 9.46. The lowest BCUT2D eigenvalue weighted by Gasteiger charge is -2.61. The monoisotopic (exact) mass is 415 g/mol. The van der Waals surface area contributed by atoms with Crippen LogP contribution in [0.4, 0.5) is 0 Å². The minimum Gasteiger partial charge on any atom is -0.342 e. The molecule has 1 amide bonds. The highest BCUT2D eigenvalue weighted by Gasteiger charge is 2.63. The summed E-state index contributed by atoms with van der Waals surface area (Å²) in [5.74, 6) is 4.37. The second-order valence-electron chi connectivity index (χ2n) is 12.5. The van der Waals surface area contributed by atoms with Crippen molar-refractivity contribution in [2.45, 2.75) is 105 Å². The van der Waals surface area contributed by atoms with Crippen LogP contribution in [0, 0.1) is 46.3 Å². The molecule has 5 unspecified atom stereocenters. The second kappa shape index (κ2) is 7.93. The maximum Gasteiger partial charge on any atom is 0.222 e. The van der Waals surface area contributed by atoms with Crippen molar-refractivity contribution in [3.8, 4) is 0 Å². The summed E-state index contributed by atoms with van der Waals surface area (Å²) >= 11 is 0. The third-order valence-corrected chi connectivity index (χ3v) is 10.6. The molecule has 8 atom stereocenters. The predicted molar refractivity (Wildman–Crippen MR) is 122 cm³/mol. The molecule has 1 heterocycles. The van der Waals surface area contributed by atoms with Crippen LogP contribution in [-0.2, 0) is 9.59 Å². The van der Waals surface area contributed by atoms with Gasteiger partial charge in [-0.15, -0.1) is 0 Å². The molecule has 4 fully saturated rings. The SMILES string of the molecule is CC(C)CCCC(C)C1CCC2C3C(=O)C[C@H]4N(C)C(=O)CC[C@]4(C)C3CC[C@]12C. The maximum absolute atomic E-state index is 13.5. The van der Waals surface area contributed by atoms with Crippen molar-refractivity contribution in [3.63, 3.8) is 0 Å². The van der Waals surface area contributed by atoms with E-state index >= 15 is 0 Å². The van der Waals surface area contributed by atoms with Crippen LogP contribution in [0.5, 0.6) is 0 Å². The number of fused-ring (bicyclic) bond motifs is 5. The van der Waals surface area contributed by atoms with Gasteiger partial charge in [0.15, 0.2) is 0 Å². The minimum absolute atomic E-state index is 0.129. The number of Topliss-reactive ketones (excluding diaryl/α,β-unsaturated/α-hetero) is 1. The molecule has 4 rings (SSSR count). The highest BCUT2D eigenvalue weighted by Crippen LogP contribution is 2.66. The fourth-order valence-corrected chi connectivity index (χ4v) is 8.82. The summed E-state index contributed by atoms with van der Waals surface area (Å²) in [4.78, 5) is 27.8. The lowest BCUT2D eigenvalue weighted by Crippen LogP contribution is -2.64. The molecule has 4 aliphatic rings. The number of carbonyl (C=O) groups is 2. The van der Waals surface area contributed by atoms with Gasteiger partial charge in [0.25, 0.3) is 0 Å². The third kappa shape index (κ3) is 3.37. The zero-order valence-electron chi connectivity index (χ0n) is 20.4. The van der Waals surface area contributed by atoms with E-state index in [1.54, 1.807) is 0 Å². The number of nitrogens with zero attached hydrogens (tertiary/aromatic N) is 1. The van der Waals surface area contributed by atoms with Crippen LogP contribution in [0.3, 0.4) is 0 Å². The molecule has 3 aliphatic carbocycles. The van der Waals surface area contributed by atoms with Gasteiger partial charge in [0.05, 0.1) is 0 Å². The number of carbonyl (C=O) groups excluding carboxylic acids is 2. The van der Waals surface area contributed by atoms with Crippen LogP contribution in [-0.4, -0.2) is 29.7 Å². The highest BCUT2D eigenvalue weighted by molar-refractivity contribution is 5.86. The van der Waals surface area contributed by atoms with Gasteiger partial charge in [0.2, 0.25) is 5.91 Å². The maximum atomic E-state index is 13.5. The number of hydrogen-bond donors (Lipinski definition) is 0. The van der Waals surface area contributed by atoms with Crippen LogP contribution in [0.25, 0.3) is 0 Å². The standard InChI is InChI=1S/C27H45NO2/c1-17(2)8-7-9-18(3)19-10-11-20-25-21(12-14-26(19,20)4)27(5)15-13-24(30)28(6)23(27)16-22(25)29/h17-21,23,25H,7-16H2,1-6H3/t18?,19?,20?,21?,23-,25?,26-,27-/m1/s1. The summed E-state index contributed by atoms with van der Waals surface area (Å²) in [5.41, 5.74) is 0.469. The Morgan fingerprint density at radius 2 is 1.67 bits per heavy atom. The number of piperidine rings is 1. The summed E-state index contributed by atoms with van der Waals surface area (Å²) in [6.45, 7) is 12.1. The molecule has 1 aliphatic heterocycles. The van der Waals surface area contributed by atoms with Crippen molar-refractivity contribution in [2.75, 3.05) is 7.05 Å². The van der Waals surface area contributed by atoms with E-state index in [4.69, 9.17) is 0 Å². The molecule has 0 radical (unpaired) electrons. The third-order valence-electron chi connectivity index (χ3n) is 10.6. The summed E-state index contributed by atoms with van der Waals surface area (Å²) < 4.78 is 0. The van der Waals surface area contributed by atoms with E-state index in [1.807, 2.05) is 11.9 Å². The van der Waals surface area contributed by atoms with Gasteiger partial charge < -0.3 is 4.90 Å². The first kappa shape index (κ1) is 22.3. The van der Waals surface area contributed by atoms with E-state index in [0.717, 1.165) is 24.2 Å². The molecule has 1 saturated heterocycles. The zero-order valence-corrected chi connectivity index (χ0v) is 20.4. The molecule has 0 bridgehead atoms. The highest BCUT2D eigenvalue weighted by atomic mass is 16.2. The van der Waals surface area contributed by atoms with Crippen LogP contribution in [0.15, 0.2) is 0 Å². The molecule has 0 aromatic rings. The van der Waals surface area contributed by atoms with Gasteiger partial charge in [-0.2, -0.15) is 0 Å². The number of rotatable bonds is 5.